The molecule has 33 heavy (non-hydrogen) atoms. The third kappa shape index (κ3) is 4.07. The summed E-state index contributed by atoms with van der Waals surface area (Å²) in [5, 5.41) is 0. The average molecular weight is 444 g/mol. The number of carbonyl (C=O) groups is 2. The Hall–Kier alpha value is -3.38. The minimum Gasteiger partial charge on any atom is -0.299 e. The summed E-state index contributed by atoms with van der Waals surface area (Å²) in [4.78, 5) is 33.4. The number of benzene rings is 2. The predicted octanol–water partition coefficient (Wildman–Crippen LogP) is 5.45. The van der Waals surface area contributed by atoms with Crippen molar-refractivity contribution in [3.05, 3.63) is 83.2 Å². The maximum atomic E-state index is 15.1. The Kier molecular flexibility index (Phi) is 5.77. The van der Waals surface area contributed by atoms with Crippen LogP contribution >= 0.6 is 0 Å². The standard InChI is InChI=1S/C27H26FN3O2/c1-30(19-8-3-2-4-9-19)17-18-14-15-22(23(28)16-18)24-12-7-13-25(29-24)31-26(32)20-10-5-6-11-21(20)27(31)33/h5-7,10-16,19H,2-4,8-9,17H2,1H3. The molecule has 1 saturated carbocycles. The molecular weight excluding hydrogens is 417 g/mol. The number of imide groups is 1. The molecule has 0 saturated heterocycles. The quantitative estimate of drug-likeness (QED) is 0.492. The molecule has 1 aliphatic heterocycles. The molecule has 0 atom stereocenters. The van der Waals surface area contributed by atoms with Gasteiger partial charge in [-0.05, 0) is 61.9 Å². The van der Waals surface area contributed by atoms with Crippen LogP contribution in [0.25, 0.3) is 11.3 Å². The number of halogens is 1. The van der Waals surface area contributed by atoms with Gasteiger partial charge in [0.2, 0.25) is 0 Å². The number of amides is 2. The first-order chi connectivity index (χ1) is 16.0. The lowest BCUT2D eigenvalue weighted by Gasteiger charge is -2.31. The van der Waals surface area contributed by atoms with Crippen molar-refractivity contribution in [3.8, 4) is 11.3 Å². The van der Waals surface area contributed by atoms with Crippen LogP contribution < -0.4 is 4.90 Å². The molecule has 6 heteroatoms. The van der Waals surface area contributed by atoms with Crippen LogP contribution in [-0.4, -0.2) is 34.8 Å². The SMILES string of the molecule is CN(Cc1ccc(-c2cccc(N3C(=O)c4ccccc4C3=O)n2)c(F)c1)C1CCCCC1. The molecule has 2 aromatic carbocycles. The molecule has 0 spiro atoms. The Labute approximate surface area is 192 Å². The first-order valence-corrected chi connectivity index (χ1v) is 11.5. The number of hydrogen-bond acceptors (Lipinski definition) is 4. The van der Waals surface area contributed by atoms with Crippen molar-refractivity contribution < 1.29 is 14.0 Å². The van der Waals surface area contributed by atoms with E-state index in [4.69, 9.17) is 0 Å². The molecule has 2 aliphatic rings. The third-order valence-corrected chi connectivity index (χ3v) is 6.70. The fourth-order valence-electron chi connectivity index (χ4n) is 4.90. The summed E-state index contributed by atoms with van der Waals surface area (Å²) < 4.78 is 15.1. The summed E-state index contributed by atoms with van der Waals surface area (Å²) in [6, 6.07) is 17.4. The molecule has 5 nitrogen and oxygen atoms in total. The van der Waals surface area contributed by atoms with Crippen LogP contribution in [0.1, 0.15) is 58.4 Å². The summed E-state index contributed by atoms with van der Waals surface area (Å²) in [6.45, 7) is 0.699. The van der Waals surface area contributed by atoms with E-state index in [1.165, 1.54) is 32.1 Å². The fourth-order valence-corrected chi connectivity index (χ4v) is 4.90. The highest BCUT2D eigenvalue weighted by Crippen LogP contribution is 2.30. The van der Waals surface area contributed by atoms with Crippen LogP contribution in [0.4, 0.5) is 10.2 Å². The van der Waals surface area contributed by atoms with Gasteiger partial charge >= 0.3 is 0 Å². The average Bonchev–Trinajstić information content (AvgIpc) is 3.10. The highest BCUT2D eigenvalue weighted by atomic mass is 19.1. The minimum absolute atomic E-state index is 0.194. The monoisotopic (exact) mass is 443 g/mol. The number of carbonyl (C=O) groups excluding carboxylic acids is 2. The van der Waals surface area contributed by atoms with Crippen LogP contribution in [0.15, 0.2) is 60.7 Å². The van der Waals surface area contributed by atoms with Crippen LogP contribution in [-0.2, 0) is 6.54 Å². The van der Waals surface area contributed by atoms with Crippen LogP contribution in [0.3, 0.4) is 0 Å². The molecule has 0 unspecified atom stereocenters. The number of pyridine rings is 1. The van der Waals surface area contributed by atoms with Gasteiger partial charge in [-0.15, -0.1) is 0 Å². The van der Waals surface area contributed by atoms with Crippen LogP contribution in [0.2, 0.25) is 0 Å². The second-order valence-corrected chi connectivity index (χ2v) is 8.89. The molecule has 168 valence electrons. The van der Waals surface area contributed by atoms with Gasteiger partial charge in [0.15, 0.2) is 0 Å². The molecule has 5 rings (SSSR count). The second-order valence-electron chi connectivity index (χ2n) is 8.89. The number of rotatable bonds is 5. The zero-order valence-electron chi connectivity index (χ0n) is 18.6. The molecule has 2 amide bonds. The van der Waals surface area contributed by atoms with Crippen molar-refractivity contribution in [1.82, 2.24) is 9.88 Å². The van der Waals surface area contributed by atoms with E-state index in [1.807, 2.05) is 6.07 Å². The van der Waals surface area contributed by atoms with E-state index in [1.54, 1.807) is 54.6 Å². The molecule has 0 bridgehead atoms. The van der Waals surface area contributed by atoms with Crippen molar-refractivity contribution in [2.75, 3.05) is 11.9 Å². The molecular formula is C27H26FN3O2. The summed E-state index contributed by atoms with van der Waals surface area (Å²) in [7, 11) is 2.11. The van der Waals surface area contributed by atoms with E-state index in [-0.39, 0.29) is 11.6 Å². The van der Waals surface area contributed by atoms with Crippen molar-refractivity contribution in [2.24, 2.45) is 0 Å². The van der Waals surface area contributed by atoms with Crippen molar-refractivity contribution >= 4 is 17.6 Å². The lowest BCUT2D eigenvalue weighted by molar-refractivity contribution is 0.0925. The molecule has 0 radical (unpaired) electrons. The number of fused-ring (bicyclic) bond motifs is 1. The number of aromatic nitrogens is 1. The second kappa shape index (κ2) is 8.87. The van der Waals surface area contributed by atoms with Gasteiger partial charge in [-0.3, -0.25) is 14.5 Å². The van der Waals surface area contributed by atoms with E-state index in [2.05, 4.69) is 16.9 Å². The Morgan fingerprint density at radius 2 is 1.61 bits per heavy atom. The van der Waals surface area contributed by atoms with E-state index in [0.717, 1.165) is 10.5 Å². The Bertz CT molecular complexity index is 1180. The van der Waals surface area contributed by atoms with Gasteiger partial charge in [-0.2, -0.15) is 0 Å². The van der Waals surface area contributed by atoms with Gasteiger partial charge in [0.05, 0.1) is 16.8 Å². The molecule has 3 aromatic rings. The Morgan fingerprint density at radius 1 is 0.909 bits per heavy atom. The van der Waals surface area contributed by atoms with Crippen molar-refractivity contribution in [3.63, 3.8) is 0 Å². The maximum Gasteiger partial charge on any atom is 0.267 e. The molecule has 0 N–H and O–H groups in total. The highest BCUT2D eigenvalue weighted by Gasteiger charge is 2.37. The smallest absolute Gasteiger partial charge is 0.267 e. The summed E-state index contributed by atoms with van der Waals surface area (Å²) >= 11 is 0. The van der Waals surface area contributed by atoms with E-state index >= 15 is 4.39 Å². The van der Waals surface area contributed by atoms with E-state index in [0.29, 0.717) is 35.0 Å². The number of nitrogens with zero attached hydrogens (tertiary/aromatic N) is 3. The zero-order chi connectivity index (χ0) is 22.9. The Morgan fingerprint density at radius 3 is 2.27 bits per heavy atom. The lowest BCUT2D eigenvalue weighted by Crippen LogP contribution is -2.32. The Balaban J connectivity index is 1.38. The van der Waals surface area contributed by atoms with E-state index in [9.17, 15) is 9.59 Å². The first kappa shape index (κ1) is 21.5. The predicted molar refractivity (Wildman–Crippen MR) is 126 cm³/mol. The number of hydrogen-bond donors (Lipinski definition) is 0. The van der Waals surface area contributed by atoms with Crippen molar-refractivity contribution in [1.29, 1.82) is 0 Å². The van der Waals surface area contributed by atoms with Gasteiger partial charge in [-0.25, -0.2) is 14.3 Å². The van der Waals surface area contributed by atoms with Crippen LogP contribution in [0.5, 0.6) is 0 Å². The van der Waals surface area contributed by atoms with Gasteiger partial charge < -0.3 is 0 Å². The topological polar surface area (TPSA) is 53.5 Å². The van der Waals surface area contributed by atoms with E-state index < -0.39 is 11.8 Å². The lowest BCUT2D eigenvalue weighted by atomic mass is 9.94. The van der Waals surface area contributed by atoms with Gasteiger partial charge in [0, 0.05) is 18.2 Å². The van der Waals surface area contributed by atoms with Crippen LogP contribution in [0, 0.1) is 5.82 Å². The van der Waals surface area contributed by atoms with Crippen molar-refractivity contribution in [2.45, 2.75) is 44.7 Å². The fraction of sp³-hybridized carbons (Fsp3) is 0.296. The van der Waals surface area contributed by atoms with Gasteiger partial charge in [-0.1, -0.05) is 43.5 Å². The summed E-state index contributed by atoms with van der Waals surface area (Å²) in [5.41, 5.74) is 2.35. The molecule has 1 aromatic heterocycles. The molecule has 1 aliphatic carbocycles. The summed E-state index contributed by atoms with van der Waals surface area (Å²) in [6.07, 6.45) is 6.23. The maximum absolute atomic E-state index is 15.1. The zero-order valence-corrected chi connectivity index (χ0v) is 18.6. The van der Waals surface area contributed by atoms with Gasteiger partial charge in [0.25, 0.3) is 11.8 Å². The highest BCUT2D eigenvalue weighted by molar-refractivity contribution is 6.34. The number of anilines is 1. The normalized spacial score (nSPS) is 16.5. The molecule has 1 fully saturated rings. The largest absolute Gasteiger partial charge is 0.299 e. The third-order valence-electron chi connectivity index (χ3n) is 6.70. The molecule has 2 heterocycles. The minimum atomic E-state index is -0.415. The first-order valence-electron chi connectivity index (χ1n) is 11.5. The summed E-state index contributed by atoms with van der Waals surface area (Å²) in [5.74, 6) is -1.00. The van der Waals surface area contributed by atoms with Gasteiger partial charge in [0.1, 0.15) is 11.6 Å².